The van der Waals surface area contributed by atoms with E-state index in [1.54, 1.807) is 0 Å². The van der Waals surface area contributed by atoms with Crippen LogP contribution in [0.15, 0.2) is 21.9 Å². The molecule has 0 aromatic carbocycles. The quantitative estimate of drug-likeness (QED) is 0.805. The van der Waals surface area contributed by atoms with Crippen molar-refractivity contribution in [2.45, 2.75) is 39.5 Å². The number of aromatic nitrogens is 2. The molecular formula is C10H16N2O3. The van der Waals surface area contributed by atoms with Crippen LogP contribution in [0.2, 0.25) is 0 Å². The predicted molar refractivity (Wildman–Crippen MR) is 56.9 cm³/mol. The predicted octanol–water partition coefficient (Wildman–Crippen LogP) is 0.870. The number of hydrogen-bond acceptors (Lipinski definition) is 3. The van der Waals surface area contributed by atoms with Gasteiger partial charge >= 0.3 is 5.69 Å². The second-order valence-electron chi connectivity index (χ2n) is 3.57. The number of hydrogen-bond donors (Lipinski definition) is 1. The second kappa shape index (κ2) is 4.93. The number of nitrogens with zero attached hydrogens (tertiary/aromatic N) is 1. The highest BCUT2D eigenvalue weighted by atomic mass is 16.5. The molecule has 1 unspecified atom stereocenters. The Kier molecular flexibility index (Phi) is 3.85. The van der Waals surface area contributed by atoms with Gasteiger partial charge in [0.05, 0.1) is 6.10 Å². The lowest BCUT2D eigenvalue weighted by atomic mass is 10.4. The Bertz CT molecular complexity index is 419. The molecule has 1 heterocycles. The highest BCUT2D eigenvalue weighted by molar-refractivity contribution is 4.83. The largest absolute Gasteiger partial charge is 0.355 e. The first kappa shape index (κ1) is 11.7. The van der Waals surface area contributed by atoms with Gasteiger partial charge in [-0.15, -0.1) is 0 Å². The summed E-state index contributed by atoms with van der Waals surface area (Å²) in [4.78, 5) is 24.5. The lowest BCUT2D eigenvalue weighted by Crippen LogP contribution is -2.33. The first-order valence-electron chi connectivity index (χ1n) is 5.01. The topological polar surface area (TPSA) is 64.1 Å². The standard InChI is InChI=1S/C10H16N2O3/c1-4-9(15-7(2)3)12-6-5-8(13)11-10(12)14/h5-7,9H,4H2,1-3H3,(H,11,13,14). The maximum Gasteiger partial charge on any atom is 0.330 e. The average molecular weight is 212 g/mol. The molecule has 0 aliphatic rings. The summed E-state index contributed by atoms with van der Waals surface area (Å²) in [7, 11) is 0. The molecule has 1 aromatic rings. The van der Waals surface area contributed by atoms with E-state index in [1.807, 2.05) is 20.8 Å². The summed E-state index contributed by atoms with van der Waals surface area (Å²) in [5, 5.41) is 0. The third kappa shape index (κ3) is 3.06. The van der Waals surface area contributed by atoms with Crippen molar-refractivity contribution in [2.24, 2.45) is 0 Å². The van der Waals surface area contributed by atoms with Crippen molar-refractivity contribution in [3.05, 3.63) is 33.1 Å². The van der Waals surface area contributed by atoms with Crippen LogP contribution in [-0.4, -0.2) is 15.7 Å². The van der Waals surface area contributed by atoms with Crippen LogP contribution in [-0.2, 0) is 4.74 Å². The molecule has 0 radical (unpaired) electrons. The average Bonchev–Trinajstić information content (AvgIpc) is 2.14. The molecule has 15 heavy (non-hydrogen) atoms. The third-order valence-electron chi connectivity index (χ3n) is 1.94. The van der Waals surface area contributed by atoms with E-state index in [0.29, 0.717) is 6.42 Å². The molecule has 84 valence electrons. The van der Waals surface area contributed by atoms with Gasteiger partial charge in [-0.25, -0.2) is 4.79 Å². The summed E-state index contributed by atoms with van der Waals surface area (Å²) in [6, 6.07) is 1.31. The van der Waals surface area contributed by atoms with Crippen LogP contribution in [0.1, 0.15) is 33.4 Å². The Morgan fingerprint density at radius 3 is 2.60 bits per heavy atom. The molecule has 0 aliphatic carbocycles. The monoisotopic (exact) mass is 212 g/mol. The zero-order valence-corrected chi connectivity index (χ0v) is 9.19. The van der Waals surface area contributed by atoms with E-state index < -0.39 is 11.2 Å². The molecule has 1 rings (SSSR count). The fourth-order valence-corrected chi connectivity index (χ4v) is 1.33. The van der Waals surface area contributed by atoms with Gasteiger partial charge in [-0.3, -0.25) is 14.3 Å². The van der Waals surface area contributed by atoms with Crippen molar-refractivity contribution >= 4 is 0 Å². The van der Waals surface area contributed by atoms with Gasteiger partial charge in [-0.1, -0.05) is 6.92 Å². The van der Waals surface area contributed by atoms with Gasteiger partial charge in [0, 0.05) is 12.3 Å². The van der Waals surface area contributed by atoms with E-state index in [1.165, 1.54) is 16.8 Å². The van der Waals surface area contributed by atoms with Crippen molar-refractivity contribution in [3.63, 3.8) is 0 Å². The van der Waals surface area contributed by atoms with Gasteiger partial charge in [0.1, 0.15) is 6.23 Å². The molecule has 0 spiro atoms. The first-order chi connectivity index (χ1) is 7.04. The van der Waals surface area contributed by atoms with Crippen LogP contribution >= 0.6 is 0 Å². The molecule has 1 aromatic heterocycles. The van der Waals surface area contributed by atoms with Gasteiger partial charge in [-0.2, -0.15) is 0 Å². The number of nitrogens with one attached hydrogen (secondary N) is 1. The summed E-state index contributed by atoms with van der Waals surface area (Å²) >= 11 is 0. The summed E-state index contributed by atoms with van der Waals surface area (Å²) in [5.74, 6) is 0. The number of H-pyrrole nitrogens is 1. The van der Waals surface area contributed by atoms with Crippen molar-refractivity contribution in [3.8, 4) is 0 Å². The van der Waals surface area contributed by atoms with Gasteiger partial charge in [-0.05, 0) is 20.3 Å². The molecular weight excluding hydrogens is 196 g/mol. The molecule has 0 saturated carbocycles. The van der Waals surface area contributed by atoms with Gasteiger partial charge in [0.15, 0.2) is 0 Å². The van der Waals surface area contributed by atoms with Crippen LogP contribution < -0.4 is 11.2 Å². The highest BCUT2D eigenvalue weighted by Crippen LogP contribution is 2.11. The lowest BCUT2D eigenvalue weighted by molar-refractivity contribution is -0.0418. The summed E-state index contributed by atoms with van der Waals surface area (Å²) < 4.78 is 6.94. The zero-order valence-electron chi connectivity index (χ0n) is 9.19. The summed E-state index contributed by atoms with van der Waals surface area (Å²) in [5.41, 5.74) is -0.828. The smallest absolute Gasteiger partial charge is 0.330 e. The van der Waals surface area contributed by atoms with E-state index in [2.05, 4.69) is 4.98 Å². The van der Waals surface area contributed by atoms with Crippen molar-refractivity contribution in [1.82, 2.24) is 9.55 Å². The van der Waals surface area contributed by atoms with Crippen LogP contribution in [0.4, 0.5) is 0 Å². The molecule has 0 bridgehead atoms. The maximum atomic E-state index is 11.4. The Labute approximate surface area is 87.7 Å². The van der Waals surface area contributed by atoms with Crippen LogP contribution in [0.3, 0.4) is 0 Å². The highest BCUT2D eigenvalue weighted by Gasteiger charge is 2.12. The van der Waals surface area contributed by atoms with E-state index >= 15 is 0 Å². The molecule has 0 saturated heterocycles. The van der Waals surface area contributed by atoms with Gasteiger partial charge < -0.3 is 4.74 Å². The summed E-state index contributed by atoms with van der Waals surface area (Å²) in [6.45, 7) is 5.73. The van der Waals surface area contributed by atoms with Gasteiger partial charge in [0.2, 0.25) is 0 Å². The number of rotatable bonds is 4. The molecule has 0 aliphatic heterocycles. The Morgan fingerprint density at radius 1 is 1.47 bits per heavy atom. The Morgan fingerprint density at radius 2 is 2.13 bits per heavy atom. The molecule has 0 amide bonds. The Balaban J connectivity index is 3.02. The number of ether oxygens (including phenoxy) is 1. The minimum atomic E-state index is -0.435. The Hall–Kier alpha value is -1.36. The first-order valence-corrected chi connectivity index (χ1v) is 5.01. The van der Waals surface area contributed by atoms with Crippen LogP contribution in [0.25, 0.3) is 0 Å². The normalized spacial score (nSPS) is 13.1. The fraction of sp³-hybridized carbons (Fsp3) is 0.600. The molecule has 1 atom stereocenters. The number of aromatic amines is 1. The van der Waals surface area contributed by atoms with Crippen molar-refractivity contribution in [1.29, 1.82) is 0 Å². The van der Waals surface area contributed by atoms with Gasteiger partial charge in [0.25, 0.3) is 5.56 Å². The van der Waals surface area contributed by atoms with E-state index in [0.717, 1.165) is 0 Å². The maximum absolute atomic E-state index is 11.4. The molecule has 0 fully saturated rings. The van der Waals surface area contributed by atoms with E-state index in [9.17, 15) is 9.59 Å². The minimum absolute atomic E-state index is 0.0359. The van der Waals surface area contributed by atoms with Crippen LogP contribution in [0, 0.1) is 0 Å². The van der Waals surface area contributed by atoms with E-state index in [-0.39, 0.29) is 12.3 Å². The zero-order chi connectivity index (χ0) is 11.4. The van der Waals surface area contributed by atoms with Crippen LogP contribution in [0.5, 0.6) is 0 Å². The second-order valence-corrected chi connectivity index (χ2v) is 3.57. The molecule has 5 nitrogen and oxygen atoms in total. The SMILES string of the molecule is CCC(OC(C)C)n1ccc(=O)[nH]c1=O. The minimum Gasteiger partial charge on any atom is -0.355 e. The third-order valence-corrected chi connectivity index (χ3v) is 1.94. The van der Waals surface area contributed by atoms with Crippen molar-refractivity contribution in [2.75, 3.05) is 0 Å². The van der Waals surface area contributed by atoms with E-state index in [4.69, 9.17) is 4.74 Å². The molecule has 1 N–H and O–H groups in total. The molecule has 5 heteroatoms. The van der Waals surface area contributed by atoms with Crippen molar-refractivity contribution < 1.29 is 4.74 Å². The fourth-order valence-electron chi connectivity index (χ4n) is 1.33. The summed E-state index contributed by atoms with van der Waals surface area (Å²) in [6.07, 6.45) is 1.84. The lowest BCUT2D eigenvalue weighted by Gasteiger charge is -2.20.